The standard InChI is InChI=1S/C24H26F2N4OS/c1-24(25,26)21-10-9-18(12-27-21)16-5-7-17(8-6-16)20-15-32-22(29-20)13-28-23(31)19-4-3-11-30(2)14-19/h5-10,12,15,19H,3-4,11,13-14H2,1-2H3,(H,28,31). The average Bonchev–Trinajstić information content (AvgIpc) is 3.26. The molecule has 0 radical (unpaired) electrons. The van der Waals surface area contributed by atoms with Crippen LogP contribution in [0.15, 0.2) is 48.0 Å². The van der Waals surface area contributed by atoms with Gasteiger partial charge in [0.25, 0.3) is 5.92 Å². The van der Waals surface area contributed by atoms with Gasteiger partial charge in [0, 0.05) is 36.2 Å². The molecule has 0 spiro atoms. The lowest BCUT2D eigenvalue weighted by molar-refractivity contribution is -0.126. The van der Waals surface area contributed by atoms with Crippen LogP contribution in [0.5, 0.6) is 0 Å². The first-order valence-electron chi connectivity index (χ1n) is 10.7. The van der Waals surface area contributed by atoms with Gasteiger partial charge in [-0.3, -0.25) is 9.78 Å². The Morgan fingerprint density at radius 2 is 1.91 bits per heavy atom. The molecule has 0 saturated carbocycles. The molecule has 1 unspecified atom stereocenters. The summed E-state index contributed by atoms with van der Waals surface area (Å²) in [6, 6.07) is 10.8. The highest BCUT2D eigenvalue weighted by molar-refractivity contribution is 7.09. The number of carbonyl (C=O) groups is 1. The summed E-state index contributed by atoms with van der Waals surface area (Å²) in [7, 11) is 2.05. The van der Waals surface area contributed by atoms with E-state index < -0.39 is 5.92 Å². The lowest BCUT2D eigenvalue weighted by Gasteiger charge is -2.28. The highest BCUT2D eigenvalue weighted by atomic mass is 32.1. The van der Waals surface area contributed by atoms with Crippen LogP contribution in [-0.4, -0.2) is 40.9 Å². The molecule has 1 atom stereocenters. The largest absolute Gasteiger partial charge is 0.349 e. The van der Waals surface area contributed by atoms with E-state index in [2.05, 4.69) is 20.2 Å². The Hall–Kier alpha value is -2.71. The fourth-order valence-corrected chi connectivity index (χ4v) is 4.61. The Balaban J connectivity index is 1.37. The zero-order valence-corrected chi connectivity index (χ0v) is 19.0. The van der Waals surface area contributed by atoms with Gasteiger partial charge in [-0.05, 0) is 38.1 Å². The number of piperidine rings is 1. The van der Waals surface area contributed by atoms with Crippen molar-refractivity contribution >= 4 is 17.2 Å². The first kappa shape index (κ1) is 22.5. The maximum absolute atomic E-state index is 13.3. The predicted molar refractivity (Wildman–Crippen MR) is 122 cm³/mol. The molecule has 1 aromatic carbocycles. The molecular weight excluding hydrogens is 430 g/mol. The summed E-state index contributed by atoms with van der Waals surface area (Å²) in [5, 5.41) is 5.86. The molecule has 32 heavy (non-hydrogen) atoms. The minimum absolute atomic E-state index is 0.0489. The van der Waals surface area contributed by atoms with Gasteiger partial charge in [0.05, 0.1) is 18.2 Å². The Morgan fingerprint density at radius 3 is 2.56 bits per heavy atom. The summed E-state index contributed by atoms with van der Waals surface area (Å²) in [4.78, 5) is 23.2. The van der Waals surface area contributed by atoms with Crippen molar-refractivity contribution in [2.24, 2.45) is 5.92 Å². The van der Waals surface area contributed by atoms with Crippen LogP contribution in [0.4, 0.5) is 8.78 Å². The van der Waals surface area contributed by atoms with Gasteiger partial charge in [0.2, 0.25) is 5.91 Å². The van der Waals surface area contributed by atoms with E-state index >= 15 is 0 Å². The molecule has 1 fully saturated rings. The van der Waals surface area contributed by atoms with Crippen LogP contribution in [0.3, 0.4) is 0 Å². The number of benzene rings is 1. The van der Waals surface area contributed by atoms with Crippen molar-refractivity contribution in [3.8, 4) is 22.4 Å². The van der Waals surface area contributed by atoms with Gasteiger partial charge in [0.1, 0.15) is 10.7 Å². The molecule has 1 N–H and O–H groups in total. The number of likely N-dealkylation sites (tertiary alicyclic amines) is 1. The van der Waals surface area contributed by atoms with Crippen LogP contribution in [0.25, 0.3) is 22.4 Å². The van der Waals surface area contributed by atoms with Crippen molar-refractivity contribution in [2.75, 3.05) is 20.1 Å². The number of carbonyl (C=O) groups excluding carboxylic acids is 1. The van der Waals surface area contributed by atoms with Crippen molar-refractivity contribution in [3.63, 3.8) is 0 Å². The lowest BCUT2D eigenvalue weighted by Crippen LogP contribution is -2.41. The number of pyridine rings is 1. The van der Waals surface area contributed by atoms with Gasteiger partial charge in [-0.25, -0.2) is 4.98 Å². The third-order valence-electron chi connectivity index (χ3n) is 5.69. The molecule has 1 aliphatic rings. The van der Waals surface area contributed by atoms with E-state index in [1.165, 1.54) is 23.6 Å². The summed E-state index contributed by atoms with van der Waals surface area (Å²) in [6.45, 7) is 3.13. The smallest absolute Gasteiger partial charge is 0.286 e. The fourth-order valence-electron chi connectivity index (χ4n) is 3.87. The van der Waals surface area contributed by atoms with Crippen molar-refractivity contribution in [1.82, 2.24) is 20.2 Å². The summed E-state index contributed by atoms with van der Waals surface area (Å²) in [6.07, 6.45) is 3.46. The van der Waals surface area contributed by atoms with E-state index in [-0.39, 0.29) is 17.5 Å². The Labute approximate surface area is 190 Å². The number of nitrogens with one attached hydrogen (secondary N) is 1. The number of amides is 1. The zero-order chi connectivity index (χ0) is 22.7. The van der Waals surface area contributed by atoms with Gasteiger partial charge in [-0.2, -0.15) is 8.78 Å². The molecule has 1 amide bonds. The molecule has 1 aliphatic heterocycles. The highest BCUT2D eigenvalue weighted by Gasteiger charge is 2.26. The van der Waals surface area contributed by atoms with Crippen LogP contribution < -0.4 is 5.32 Å². The summed E-state index contributed by atoms with van der Waals surface area (Å²) in [5.74, 6) is -2.80. The molecule has 3 heterocycles. The van der Waals surface area contributed by atoms with E-state index in [0.717, 1.165) is 60.2 Å². The van der Waals surface area contributed by atoms with Crippen LogP contribution >= 0.6 is 11.3 Å². The van der Waals surface area contributed by atoms with E-state index in [1.807, 2.05) is 36.7 Å². The highest BCUT2D eigenvalue weighted by Crippen LogP contribution is 2.29. The molecule has 168 valence electrons. The minimum Gasteiger partial charge on any atom is -0.349 e. The molecule has 1 saturated heterocycles. The molecule has 0 aliphatic carbocycles. The second-order valence-electron chi connectivity index (χ2n) is 8.34. The molecule has 5 nitrogen and oxygen atoms in total. The van der Waals surface area contributed by atoms with Crippen molar-refractivity contribution in [2.45, 2.75) is 32.2 Å². The Kier molecular flexibility index (Phi) is 6.62. The molecule has 2 aromatic heterocycles. The number of hydrogen-bond acceptors (Lipinski definition) is 5. The maximum Gasteiger partial charge on any atom is 0.286 e. The van der Waals surface area contributed by atoms with Gasteiger partial charge >= 0.3 is 0 Å². The van der Waals surface area contributed by atoms with Crippen molar-refractivity contribution < 1.29 is 13.6 Å². The molecule has 8 heteroatoms. The fraction of sp³-hybridized carbons (Fsp3) is 0.375. The number of hydrogen-bond donors (Lipinski definition) is 1. The third kappa shape index (κ3) is 5.37. The number of thiazole rings is 1. The second-order valence-corrected chi connectivity index (χ2v) is 9.29. The monoisotopic (exact) mass is 456 g/mol. The number of alkyl halides is 2. The first-order chi connectivity index (χ1) is 15.3. The molecular formula is C24H26F2N4OS. The number of aromatic nitrogens is 2. The number of nitrogens with zero attached hydrogens (tertiary/aromatic N) is 3. The Morgan fingerprint density at radius 1 is 1.19 bits per heavy atom. The minimum atomic E-state index is -2.95. The average molecular weight is 457 g/mol. The van der Waals surface area contributed by atoms with Crippen LogP contribution in [0, 0.1) is 5.92 Å². The van der Waals surface area contributed by atoms with Gasteiger partial charge in [0.15, 0.2) is 0 Å². The normalized spacial score (nSPS) is 17.3. The topological polar surface area (TPSA) is 58.1 Å². The lowest BCUT2D eigenvalue weighted by atomic mass is 9.98. The Bertz CT molecular complexity index is 1060. The summed E-state index contributed by atoms with van der Waals surface area (Å²) >= 11 is 1.52. The van der Waals surface area contributed by atoms with Crippen molar-refractivity contribution in [3.05, 3.63) is 58.7 Å². The number of rotatable bonds is 6. The summed E-state index contributed by atoms with van der Waals surface area (Å²) in [5.41, 5.74) is 3.24. The predicted octanol–water partition coefficient (Wildman–Crippen LogP) is 4.94. The molecule has 4 rings (SSSR count). The number of halogens is 2. The van der Waals surface area contributed by atoms with E-state index in [9.17, 15) is 13.6 Å². The van der Waals surface area contributed by atoms with E-state index in [1.54, 1.807) is 6.07 Å². The van der Waals surface area contributed by atoms with E-state index in [4.69, 9.17) is 0 Å². The van der Waals surface area contributed by atoms with Crippen molar-refractivity contribution in [1.29, 1.82) is 0 Å². The zero-order valence-electron chi connectivity index (χ0n) is 18.1. The van der Waals surface area contributed by atoms with Gasteiger partial charge in [-0.15, -0.1) is 11.3 Å². The summed E-state index contributed by atoms with van der Waals surface area (Å²) < 4.78 is 26.7. The van der Waals surface area contributed by atoms with Crippen LogP contribution in [0.1, 0.15) is 30.5 Å². The second kappa shape index (κ2) is 9.42. The van der Waals surface area contributed by atoms with Crippen LogP contribution in [-0.2, 0) is 17.3 Å². The third-order valence-corrected chi connectivity index (χ3v) is 6.54. The van der Waals surface area contributed by atoms with Gasteiger partial charge in [-0.1, -0.05) is 30.3 Å². The maximum atomic E-state index is 13.3. The van der Waals surface area contributed by atoms with E-state index in [0.29, 0.717) is 6.54 Å². The first-order valence-corrected chi connectivity index (χ1v) is 11.5. The SMILES string of the molecule is CN1CCCC(C(=O)NCc2nc(-c3ccc(-c4ccc(C(C)(F)F)nc4)cc3)cs2)C1. The molecule has 3 aromatic rings. The molecule has 0 bridgehead atoms. The van der Waals surface area contributed by atoms with Gasteiger partial charge < -0.3 is 10.2 Å². The quantitative estimate of drug-likeness (QED) is 0.571. The van der Waals surface area contributed by atoms with Crippen LogP contribution in [0.2, 0.25) is 0 Å².